The first-order valence-electron chi connectivity index (χ1n) is 6.04. The number of carbonyl (C=O) groups is 2. The molecule has 2 aromatic carbocycles. The first kappa shape index (κ1) is 13.1. The third kappa shape index (κ3) is 3.10. The van der Waals surface area contributed by atoms with Gasteiger partial charge in [0.05, 0.1) is 0 Å². The van der Waals surface area contributed by atoms with Crippen molar-refractivity contribution < 1.29 is 14.7 Å². The maximum Gasteiger partial charge on any atom is 0.326 e. The van der Waals surface area contributed by atoms with Crippen LogP contribution in [-0.4, -0.2) is 23.0 Å². The normalized spacial score (nSPS) is 12.1. The molecule has 0 heterocycles. The maximum absolute atomic E-state index is 11.2. The SMILES string of the molecule is CC(=O)N[C@@H](Cc1cccc2ccccc12)C(=O)O. The molecule has 0 spiro atoms. The number of carbonyl (C=O) groups excluding carboxylic acids is 1. The third-order valence-corrected chi connectivity index (χ3v) is 2.98. The predicted molar refractivity (Wildman–Crippen MR) is 72.9 cm³/mol. The summed E-state index contributed by atoms with van der Waals surface area (Å²) in [5.41, 5.74) is 0.916. The van der Waals surface area contributed by atoms with Gasteiger partial charge in [-0.15, -0.1) is 0 Å². The lowest BCUT2D eigenvalue weighted by molar-refractivity contribution is -0.141. The number of rotatable bonds is 4. The summed E-state index contributed by atoms with van der Waals surface area (Å²) in [6, 6.07) is 12.7. The zero-order valence-electron chi connectivity index (χ0n) is 10.6. The molecule has 98 valence electrons. The summed E-state index contributed by atoms with van der Waals surface area (Å²) >= 11 is 0. The van der Waals surface area contributed by atoms with Gasteiger partial charge in [0.25, 0.3) is 0 Å². The van der Waals surface area contributed by atoms with Crippen molar-refractivity contribution in [2.75, 3.05) is 0 Å². The average Bonchev–Trinajstić information content (AvgIpc) is 2.37. The van der Waals surface area contributed by atoms with Crippen LogP contribution < -0.4 is 5.32 Å². The fourth-order valence-electron chi connectivity index (χ4n) is 2.14. The Bertz CT molecular complexity index is 616. The molecule has 19 heavy (non-hydrogen) atoms. The van der Waals surface area contributed by atoms with E-state index in [1.165, 1.54) is 6.92 Å². The molecule has 0 aromatic heterocycles. The van der Waals surface area contributed by atoms with Gasteiger partial charge in [0.1, 0.15) is 6.04 Å². The third-order valence-electron chi connectivity index (χ3n) is 2.98. The number of amides is 1. The van der Waals surface area contributed by atoms with Crippen molar-refractivity contribution in [3.05, 3.63) is 48.0 Å². The second-order valence-electron chi connectivity index (χ2n) is 4.43. The van der Waals surface area contributed by atoms with Gasteiger partial charge < -0.3 is 10.4 Å². The highest BCUT2D eigenvalue weighted by Gasteiger charge is 2.19. The molecule has 1 amide bonds. The number of nitrogens with one attached hydrogen (secondary N) is 1. The number of hydrogen-bond donors (Lipinski definition) is 2. The van der Waals surface area contributed by atoms with Crippen LogP contribution in [0.1, 0.15) is 12.5 Å². The van der Waals surface area contributed by atoms with Gasteiger partial charge in [-0.2, -0.15) is 0 Å². The van der Waals surface area contributed by atoms with Crippen molar-refractivity contribution >= 4 is 22.6 Å². The summed E-state index contributed by atoms with van der Waals surface area (Å²) in [4.78, 5) is 22.2. The molecule has 0 radical (unpaired) electrons. The highest BCUT2D eigenvalue weighted by molar-refractivity contribution is 5.87. The van der Waals surface area contributed by atoms with E-state index in [4.69, 9.17) is 5.11 Å². The van der Waals surface area contributed by atoms with E-state index in [0.717, 1.165) is 16.3 Å². The van der Waals surface area contributed by atoms with Crippen LogP contribution in [0.25, 0.3) is 10.8 Å². The molecule has 2 rings (SSSR count). The molecule has 0 aliphatic rings. The van der Waals surface area contributed by atoms with Crippen molar-refractivity contribution in [3.63, 3.8) is 0 Å². The van der Waals surface area contributed by atoms with Gasteiger partial charge >= 0.3 is 5.97 Å². The Morgan fingerprint density at radius 3 is 2.53 bits per heavy atom. The van der Waals surface area contributed by atoms with Gasteiger partial charge in [-0.05, 0) is 16.3 Å². The van der Waals surface area contributed by atoms with Crippen LogP contribution >= 0.6 is 0 Å². The molecule has 0 fully saturated rings. The smallest absolute Gasteiger partial charge is 0.326 e. The van der Waals surface area contributed by atoms with Crippen molar-refractivity contribution in [1.82, 2.24) is 5.32 Å². The van der Waals surface area contributed by atoms with Crippen LogP contribution in [0.4, 0.5) is 0 Å². The Morgan fingerprint density at radius 1 is 1.16 bits per heavy atom. The molecule has 0 saturated heterocycles. The molecule has 1 atom stereocenters. The summed E-state index contributed by atoms with van der Waals surface area (Å²) in [6.45, 7) is 1.32. The molecule has 2 aromatic rings. The molecule has 0 aliphatic carbocycles. The number of aliphatic carboxylic acids is 1. The summed E-state index contributed by atoms with van der Waals surface area (Å²) in [5, 5.41) is 13.7. The van der Waals surface area contributed by atoms with E-state index in [9.17, 15) is 9.59 Å². The molecule has 4 nitrogen and oxygen atoms in total. The van der Waals surface area contributed by atoms with Crippen LogP contribution in [0.2, 0.25) is 0 Å². The lowest BCUT2D eigenvalue weighted by Crippen LogP contribution is -2.41. The van der Waals surface area contributed by atoms with Gasteiger partial charge in [0.2, 0.25) is 5.91 Å². The van der Waals surface area contributed by atoms with Crippen LogP contribution in [0, 0.1) is 0 Å². The van der Waals surface area contributed by atoms with E-state index in [1.807, 2.05) is 42.5 Å². The lowest BCUT2D eigenvalue weighted by Gasteiger charge is -2.14. The number of fused-ring (bicyclic) bond motifs is 1. The van der Waals surface area contributed by atoms with E-state index >= 15 is 0 Å². The minimum absolute atomic E-state index is 0.274. The van der Waals surface area contributed by atoms with Crippen molar-refractivity contribution in [2.45, 2.75) is 19.4 Å². The largest absolute Gasteiger partial charge is 0.480 e. The van der Waals surface area contributed by atoms with E-state index < -0.39 is 12.0 Å². The van der Waals surface area contributed by atoms with Crippen LogP contribution in [0.15, 0.2) is 42.5 Å². The fourth-order valence-corrected chi connectivity index (χ4v) is 2.14. The van der Waals surface area contributed by atoms with Crippen LogP contribution in [-0.2, 0) is 16.0 Å². The Hall–Kier alpha value is -2.36. The summed E-state index contributed by atoms with van der Waals surface area (Å²) in [5.74, 6) is -1.37. The van der Waals surface area contributed by atoms with Gasteiger partial charge in [0, 0.05) is 13.3 Å². The second kappa shape index (κ2) is 5.52. The Labute approximate surface area is 111 Å². The molecule has 0 bridgehead atoms. The van der Waals surface area contributed by atoms with Gasteiger partial charge in [-0.3, -0.25) is 4.79 Å². The molecule has 0 aliphatic heterocycles. The number of carboxylic acids is 1. The summed E-state index contributed by atoms with van der Waals surface area (Å²) < 4.78 is 0. The molecular weight excluding hydrogens is 242 g/mol. The minimum Gasteiger partial charge on any atom is -0.480 e. The predicted octanol–water partition coefficient (Wildman–Crippen LogP) is 1.97. The van der Waals surface area contributed by atoms with E-state index in [2.05, 4.69) is 5.32 Å². The molecule has 0 saturated carbocycles. The van der Waals surface area contributed by atoms with E-state index in [0.29, 0.717) is 0 Å². The molecule has 4 heteroatoms. The Balaban J connectivity index is 2.33. The first-order chi connectivity index (χ1) is 9.08. The zero-order valence-corrected chi connectivity index (χ0v) is 10.6. The van der Waals surface area contributed by atoms with Crippen LogP contribution in [0.3, 0.4) is 0 Å². The monoisotopic (exact) mass is 257 g/mol. The van der Waals surface area contributed by atoms with Crippen molar-refractivity contribution in [1.29, 1.82) is 0 Å². The highest BCUT2D eigenvalue weighted by atomic mass is 16.4. The van der Waals surface area contributed by atoms with Gasteiger partial charge in [-0.1, -0.05) is 42.5 Å². The van der Waals surface area contributed by atoms with E-state index in [1.54, 1.807) is 0 Å². The Morgan fingerprint density at radius 2 is 1.84 bits per heavy atom. The van der Waals surface area contributed by atoms with Crippen LogP contribution in [0.5, 0.6) is 0 Å². The summed E-state index contributed by atoms with van der Waals surface area (Å²) in [6.07, 6.45) is 0.274. The average molecular weight is 257 g/mol. The minimum atomic E-state index is -1.02. The second-order valence-corrected chi connectivity index (χ2v) is 4.43. The standard InChI is InChI=1S/C15H15NO3/c1-10(17)16-14(15(18)19)9-12-7-4-6-11-5-2-3-8-13(11)12/h2-8,14H,9H2,1H3,(H,16,17)(H,18,19)/t14-/m0/s1. The first-order valence-corrected chi connectivity index (χ1v) is 6.04. The zero-order chi connectivity index (χ0) is 13.8. The molecule has 0 unspecified atom stereocenters. The number of hydrogen-bond acceptors (Lipinski definition) is 2. The highest BCUT2D eigenvalue weighted by Crippen LogP contribution is 2.19. The van der Waals surface area contributed by atoms with Crippen molar-refractivity contribution in [3.8, 4) is 0 Å². The topological polar surface area (TPSA) is 66.4 Å². The van der Waals surface area contributed by atoms with Gasteiger partial charge in [0.15, 0.2) is 0 Å². The summed E-state index contributed by atoms with van der Waals surface area (Å²) in [7, 11) is 0. The lowest BCUT2D eigenvalue weighted by atomic mass is 9.99. The van der Waals surface area contributed by atoms with Crippen molar-refractivity contribution in [2.24, 2.45) is 0 Å². The van der Waals surface area contributed by atoms with E-state index in [-0.39, 0.29) is 12.3 Å². The fraction of sp³-hybridized carbons (Fsp3) is 0.200. The quantitative estimate of drug-likeness (QED) is 0.880. The maximum atomic E-state index is 11.2. The number of carboxylic acid groups (broad SMARTS) is 1. The van der Waals surface area contributed by atoms with Gasteiger partial charge in [-0.25, -0.2) is 4.79 Å². The molecular formula is C15H15NO3. The number of benzene rings is 2. The Kier molecular flexibility index (Phi) is 3.80. The molecule has 2 N–H and O–H groups in total.